The Kier molecular flexibility index (Phi) is 5.23. The molecule has 1 atom stereocenters. The Morgan fingerprint density at radius 2 is 1.71 bits per heavy atom. The fraction of sp³-hybridized carbons (Fsp3) is 0.294. The molecule has 0 aromatic heterocycles. The summed E-state index contributed by atoms with van der Waals surface area (Å²) in [7, 11) is 1.62. The topological polar surface area (TPSA) is 38.7 Å². The molecule has 0 aliphatic heterocycles. The van der Waals surface area contributed by atoms with Gasteiger partial charge in [0, 0.05) is 17.7 Å². The van der Waals surface area contributed by atoms with Gasteiger partial charge >= 0.3 is 0 Å². The fourth-order valence-corrected chi connectivity index (χ4v) is 2.29. The zero-order valence-corrected chi connectivity index (χ0v) is 12.9. The van der Waals surface area contributed by atoms with Gasteiger partial charge in [-0.05, 0) is 30.7 Å². The molecule has 0 spiro atoms. The smallest absolute Gasteiger partial charge is 0.125 e. The van der Waals surface area contributed by atoms with Crippen LogP contribution >= 0.6 is 11.6 Å². The number of benzene rings is 2. The third kappa shape index (κ3) is 3.76. The lowest BCUT2D eigenvalue weighted by Crippen LogP contribution is -2.24. The van der Waals surface area contributed by atoms with Crippen molar-refractivity contribution in [2.24, 2.45) is 0 Å². The number of para-hydroxylation sites is 1. The van der Waals surface area contributed by atoms with Gasteiger partial charge < -0.3 is 14.6 Å². The zero-order chi connectivity index (χ0) is 15.3. The third-order valence-corrected chi connectivity index (χ3v) is 3.61. The Labute approximate surface area is 130 Å². The molecule has 0 aliphatic rings. The molecule has 1 N–H and O–H groups in total. The summed E-state index contributed by atoms with van der Waals surface area (Å²) in [5, 5.41) is 11.6. The average Bonchev–Trinajstić information content (AvgIpc) is 2.48. The lowest BCUT2D eigenvalue weighted by Gasteiger charge is -2.26. The second kappa shape index (κ2) is 6.94. The van der Waals surface area contributed by atoms with Crippen molar-refractivity contribution in [2.75, 3.05) is 20.3 Å². The lowest BCUT2D eigenvalue weighted by atomic mass is 9.87. The van der Waals surface area contributed by atoms with Crippen LogP contribution in [0, 0.1) is 0 Å². The summed E-state index contributed by atoms with van der Waals surface area (Å²) in [6.07, 6.45) is 0. The van der Waals surface area contributed by atoms with Crippen LogP contribution in [-0.4, -0.2) is 25.4 Å². The minimum atomic E-state index is -1.16. The van der Waals surface area contributed by atoms with Crippen LogP contribution in [0.2, 0.25) is 5.02 Å². The molecule has 0 fully saturated rings. The van der Waals surface area contributed by atoms with Crippen molar-refractivity contribution in [3.05, 3.63) is 64.7 Å². The molecule has 2 aromatic rings. The first-order chi connectivity index (χ1) is 10.1. The SMILES string of the molecule is COCCOc1ccccc1C(C)(O)c1ccc(Cl)cc1. The molecule has 21 heavy (non-hydrogen) atoms. The fourth-order valence-electron chi connectivity index (χ4n) is 2.16. The van der Waals surface area contributed by atoms with Crippen LogP contribution in [0.3, 0.4) is 0 Å². The van der Waals surface area contributed by atoms with Crippen molar-refractivity contribution in [3.63, 3.8) is 0 Å². The minimum absolute atomic E-state index is 0.435. The van der Waals surface area contributed by atoms with Gasteiger partial charge in [0.15, 0.2) is 0 Å². The molecule has 0 heterocycles. The predicted molar refractivity (Wildman–Crippen MR) is 83.9 cm³/mol. The van der Waals surface area contributed by atoms with Crippen molar-refractivity contribution < 1.29 is 14.6 Å². The highest BCUT2D eigenvalue weighted by atomic mass is 35.5. The van der Waals surface area contributed by atoms with E-state index in [0.29, 0.717) is 29.5 Å². The molecule has 2 aromatic carbocycles. The molecule has 3 nitrogen and oxygen atoms in total. The number of hydrogen-bond acceptors (Lipinski definition) is 3. The van der Waals surface area contributed by atoms with Gasteiger partial charge in [0.25, 0.3) is 0 Å². The maximum Gasteiger partial charge on any atom is 0.125 e. The monoisotopic (exact) mass is 306 g/mol. The van der Waals surface area contributed by atoms with Crippen molar-refractivity contribution in [2.45, 2.75) is 12.5 Å². The van der Waals surface area contributed by atoms with Crippen LogP contribution in [0.5, 0.6) is 5.75 Å². The Balaban J connectivity index is 2.32. The van der Waals surface area contributed by atoms with Gasteiger partial charge in [-0.1, -0.05) is 41.9 Å². The zero-order valence-electron chi connectivity index (χ0n) is 12.2. The number of ether oxygens (including phenoxy) is 2. The van der Waals surface area contributed by atoms with E-state index in [1.165, 1.54) is 0 Å². The van der Waals surface area contributed by atoms with Gasteiger partial charge in [-0.15, -0.1) is 0 Å². The Morgan fingerprint density at radius 1 is 1.05 bits per heavy atom. The largest absolute Gasteiger partial charge is 0.491 e. The van der Waals surface area contributed by atoms with E-state index in [1.54, 1.807) is 26.2 Å². The van der Waals surface area contributed by atoms with Crippen LogP contribution in [0.4, 0.5) is 0 Å². The summed E-state index contributed by atoms with van der Waals surface area (Å²) in [5.41, 5.74) is 0.312. The molecule has 1 unspecified atom stereocenters. The van der Waals surface area contributed by atoms with E-state index in [-0.39, 0.29) is 0 Å². The summed E-state index contributed by atoms with van der Waals surface area (Å²) in [6.45, 7) is 2.68. The van der Waals surface area contributed by atoms with Crippen molar-refractivity contribution >= 4 is 11.6 Å². The summed E-state index contributed by atoms with van der Waals surface area (Å²) in [4.78, 5) is 0. The van der Waals surface area contributed by atoms with Crippen LogP contribution in [0.15, 0.2) is 48.5 Å². The number of methoxy groups -OCH3 is 1. The summed E-state index contributed by atoms with van der Waals surface area (Å²) < 4.78 is 10.7. The number of halogens is 1. The molecule has 0 saturated heterocycles. The Morgan fingerprint density at radius 3 is 2.38 bits per heavy atom. The summed E-state index contributed by atoms with van der Waals surface area (Å²) in [6, 6.07) is 14.6. The first-order valence-electron chi connectivity index (χ1n) is 6.75. The highest BCUT2D eigenvalue weighted by molar-refractivity contribution is 6.30. The minimum Gasteiger partial charge on any atom is -0.491 e. The third-order valence-electron chi connectivity index (χ3n) is 3.36. The molecule has 0 bridgehead atoms. The van der Waals surface area contributed by atoms with E-state index in [1.807, 2.05) is 36.4 Å². The Bertz CT molecular complexity index is 579. The van der Waals surface area contributed by atoms with E-state index in [0.717, 1.165) is 5.56 Å². The number of aliphatic hydroxyl groups is 1. The van der Waals surface area contributed by atoms with Crippen molar-refractivity contribution in [3.8, 4) is 5.75 Å². The normalized spacial score (nSPS) is 13.7. The van der Waals surface area contributed by atoms with Crippen LogP contribution in [0.1, 0.15) is 18.1 Å². The second-order valence-electron chi connectivity index (χ2n) is 4.92. The maximum absolute atomic E-state index is 10.9. The van der Waals surface area contributed by atoms with E-state index in [2.05, 4.69) is 0 Å². The molecule has 2 rings (SSSR count). The summed E-state index contributed by atoms with van der Waals surface area (Å²) >= 11 is 5.90. The molecule has 0 saturated carbocycles. The second-order valence-corrected chi connectivity index (χ2v) is 5.35. The van der Waals surface area contributed by atoms with Crippen LogP contribution in [0.25, 0.3) is 0 Å². The van der Waals surface area contributed by atoms with E-state index in [4.69, 9.17) is 21.1 Å². The molecule has 0 radical (unpaired) electrons. The van der Waals surface area contributed by atoms with Gasteiger partial charge in [0.05, 0.1) is 6.61 Å². The molecule has 0 amide bonds. The number of rotatable bonds is 6. The standard InChI is InChI=1S/C17H19ClO3/c1-17(19,13-7-9-14(18)10-8-13)15-5-3-4-6-16(15)21-12-11-20-2/h3-10,19H,11-12H2,1-2H3. The highest BCUT2D eigenvalue weighted by Crippen LogP contribution is 2.35. The molecule has 112 valence electrons. The van der Waals surface area contributed by atoms with Gasteiger partial charge in [-0.25, -0.2) is 0 Å². The Hall–Kier alpha value is -1.55. The predicted octanol–water partition coefficient (Wildman–Crippen LogP) is 3.62. The first kappa shape index (κ1) is 15.8. The van der Waals surface area contributed by atoms with E-state index < -0.39 is 5.60 Å². The van der Waals surface area contributed by atoms with Gasteiger partial charge in [0.2, 0.25) is 0 Å². The molecular weight excluding hydrogens is 288 g/mol. The van der Waals surface area contributed by atoms with Crippen molar-refractivity contribution in [1.29, 1.82) is 0 Å². The average molecular weight is 307 g/mol. The molecule has 4 heteroatoms. The van der Waals surface area contributed by atoms with Gasteiger partial charge in [0.1, 0.15) is 18.0 Å². The quantitative estimate of drug-likeness (QED) is 0.828. The van der Waals surface area contributed by atoms with E-state index in [9.17, 15) is 5.11 Å². The maximum atomic E-state index is 10.9. The summed E-state index contributed by atoms with van der Waals surface area (Å²) in [5.74, 6) is 0.648. The highest BCUT2D eigenvalue weighted by Gasteiger charge is 2.28. The van der Waals surface area contributed by atoms with Crippen LogP contribution < -0.4 is 4.74 Å². The van der Waals surface area contributed by atoms with Crippen molar-refractivity contribution in [1.82, 2.24) is 0 Å². The molecule has 0 aliphatic carbocycles. The van der Waals surface area contributed by atoms with Gasteiger partial charge in [-0.2, -0.15) is 0 Å². The lowest BCUT2D eigenvalue weighted by molar-refractivity contribution is 0.0943. The van der Waals surface area contributed by atoms with Crippen LogP contribution in [-0.2, 0) is 10.3 Å². The first-order valence-corrected chi connectivity index (χ1v) is 7.13. The van der Waals surface area contributed by atoms with E-state index >= 15 is 0 Å². The molecular formula is C17H19ClO3. The number of hydrogen-bond donors (Lipinski definition) is 1. The van der Waals surface area contributed by atoms with Gasteiger partial charge in [-0.3, -0.25) is 0 Å².